The third kappa shape index (κ3) is 1.77. The average molecular weight is 238 g/mol. The van der Waals surface area contributed by atoms with Crippen molar-refractivity contribution in [1.29, 1.82) is 0 Å². The Morgan fingerprint density at radius 1 is 1.50 bits per heavy atom. The van der Waals surface area contributed by atoms with Crippen LogP contribution in [0.25, 0.3) is 5.82 Å². The Labute approximate surface area is 96.3 Å². The fourth-order valence-corrected chi connectivity index (χ4v) is 1.57. The van der Waals surface area contributed by atoms with Crippen LogP contribution in [-0.4, -0.2) is 25.8 Å². The molecule has 0 aliphatic carbocycles. The zero-order chi connectivity index (χ0) is 11.7. The number of carboxylic acids is 1. The molecular weight excluding hydrogens is 230 g/mol. The molecule has 0 fully saturated rings. The van der Waals surface area contributed by atoms with Gasteiger partial charge in [-0.25, -0.2) is 14.5 Å². The number of aromatic nitrogens is 3. The smallest absolute Gasteiger partial charge is 0.337 e. The number of hydrogen-bond acceptors (Lipinski definition) is 3. The summed E-state index contributed by atoms with van der Waals surface area (Å²) in [6.45, 7) is 1.82. The second-order valence-corrected chi connectivity index (χ2v) is 3.58. The summed E-state index contributed by atoms with van der Waals surface area (Å²) in [5.41, 5.74) is 0.818. The van der Waals surface area contributed by atoms with Crippen molar-refractivity contribution in [3.63, 3.8) is 0 Å². The molecule has 0 amide bonds. The number of aryl methyl sites for hydroxylation is 1. The van der Waals surface area contributed by atoms with Crippen LogP contribution in [0.15, 0.2) is 24.5 Å². The van der Waals surface area contributed by atoms with E-state index in [0.29, 0.717) is 5.82 Å². The van der Waals surface area contributed by atoms with E-state index in [0.717, 1.165) is 5.69 Å². The molecule has 0 saturated carbocycles. The standard InChI is InChI=1S/C10H8ClN3O2/c1-6-3-5-14(13-6)9-8(11)7(10(15)16)2-4-12-9/h2-5H,1H3,(H,15,16). The van der Waals surface area contributed by atoms with E-state index >= 15 is 0 Å². The lowest BCUT2D eigenvalue weighted by atomic mass is 10.2. The normalized spacial score (nSPS) is 10.4. The largest absolute Gasteiger partial charge is 0.478 e. The van der Waals surface area contributed by atoms with Crippen molar-refractivity contribution in [2.24, 2.45) is 0 Å². The molecule has 0 aromatic carbocycles. The Balaban J connectivity index is 2.58. The molecule has 0 unspecified atom stereocenters. The minimum Gasteiger partial charge on any atom is -0.478 e. The van der Waals surface area contributed by atoms with Crippen molar-refractivity contribution in [2.45, 2.75) is 6.92 Å². The van der Waals surface area contributed by atoms with Crippen molar-refractivity contribution in [2.75, 3.05) is 0 Å². The van der Waals surface area contributed by atoms with Crippen molar-refractivity contribution < 1.29 is 9.90 Å². The first kappa shape index (κ1) is 10.6. The number of carbonyl (C=O) groups is 1. The van der Waals surface area contributed by atoms with Gasteiger partial charge in [-0.05, 0) is 19.1 Å². The van der Waals surface area contributed by atoms with Gasteiger partial charge in [0.2, 0.25) is 0 Å². The summed E-state index contributed by atoms with van der Waals surface area (Å²) in [5.74, 6) is -0.771. The van der Waals surface area contributed by atoms with Crippen molar-refractivity contribution in [1.82, 2.24) is 14.8 Å². The molecule has 16 heavy (non-hydrogen) atoms. The molecule has 0 spiro atoms. The Kier molecular flexibility index (Phi) is 2.62. The quantitative estimate of drug-likeness (QED) is 0.867. The number of carboxylic acid groups (broad SMARTS) is 1. The Hall–Kier alpha value is -1.88. The second kappa shape index (κ2) is 3.94. The van der Waals surface area contributed by atoms with Crippen LogP contribution in [0, 0.1) is 6.92 Å². The van der Waals surface area contributed by atoms with Gasteiger partial charge in [0.25, 0.3) is 0 Å². The lowest BCUT2D eigenvalue weighted by molar-refractivity contribution is 0.0697. The SMILES string of the molecule is Cc1ccn(-c2nccc(C(=O)O)c2Cl)n1. The minimum absolute atomic E-state index is 0.0137. The van der Waals surface area contributed by atoms with E-state index < -0.39 is 5.97 Å². The van der Waals surface area contributed by atoms with Crippen molar-refractivity contribution in [3.8, 4) is 5.82 Å². The van der Waals surface area contributed by atoms with Crippen molar-refractivity contribution >= 4 is 17.6 Å². The van der Waals surface area contributed by atoms with Gasteiger partial charge in [-0.1, -0.05) is 11.6 Å². The Morgan fingerprint density at radius 3 is 2.81 bits per heavy atom. The molecule has 0 aliphatic heterocycles. The fraction of sp³-hybridized carbons (Fsp3) is 0.100. The molecule has 5 nitrogen and oxygen atoms in total. The highest BCUT2D eigenvalue weighted by Crippen LogP contribution is 2.22. The van der Waals surface area contributed by atoms with Gasteiger partial charge in [0.1, 0.15) is 0 Å². The molecule has 2 heterocycles. The lowest BCUT2D eigenvalue weighted by Gasteiger charge is -2.05. The van der Waals surface area contributed by atoms with E-state index in [9.17, 15) is 4.79 Å². The van der Waals surface area contributed by atoms with Gasteiger partial charge in [0.05, 0.1) is 16.3 Å². The second-order valence-electron chi connectivity index (χ2n) is 3.20. The summed E-state index contributed by atoms with van der Waals surface area (Å²) >= 11 is 5.94. The van der Waals surface area contributed by atoms with Gasteiger partial charge >= 0.3 is 5.97 Å². The van der Waals surface area contributed by atoms with E-state index in [2.05, 4.69) is 10.1 Å². The molecule has 2 aromatic heterocycles. The molecule has 0 bridgehead atoms. The molecule has 0 saturated heterocycles. The van der Waals surface area contributed by atoms with Gasteiger partial charge in [0.15, 0.2) is 5.82 Å². The van der Waals surface area contributed by atoms with Crippen LogP contribution < -0.4 is 0 Å². The van der Waals surface area contributed by atoms with Gasteiger partial charge in [-0.3, -0.25) is 0 Å². The number of hydrogen-bond donors (Lipinski definition) is 1. The summed E-state index contributed by atoms with van der Waals surface area (Å²) in [4.78, 5) is 14.9. The van der Waals surface area contributed by atoms with E-state index in [-0.39, 0.29) is 10.6 Å². The maximum absolute atomic E-state index is 10.9. The number of halogens is 1. The zero-order valence-corrected chi connectivity index (χ0v) is 9.14. The monoisotopic (exact) mass is 237 g/mol. The lowest BCUT2D eigenvalue weighted by Crippen LogP contribution is -2.05. The first-order valence-electron chi connectivity index (χ1n) is 4.50. The summed E-state index contributed by atoms with van der Waals surface area (Å²) in [6, 6.07) is 3.13. The van der Waals surface area contributed by atoms with Gasteiger partial charge in [-0.2, -0.15) is 5.10 Å². The number of pyridine rings is 1. The molecule has 2 aromatic rings. The summed E-state index contributed by atoms with van der Waals surface area (Å²) in [5, 5.41) is 13.1. The highest BCUT2D eigenvalue weighted by atomic mass is 35.5. The molecule has 82 valence electrons. The number of aromatic carboxylic acids is 1. The molecule has 0 atom stereocenters. The number of nitrogens with zero attached hydrogens (tertiary/aromatic N) is 3. The summed E-state index contributed by atoms with van der Waals surface area (Å²) < 4.78 is 1.45. The molecule has 6 heteroatoms. The topological polar surface area (TPSA) is 68.0 Å². The summed E-state index contributed by atoms with van der Waals surface area (Å²) in [7, 11) is 0. The predicted octanol–water partition coefficient (Wildman–Crippen LogP) is 1.93. The third-order valence-electron chi connectivity index (χ3n) is 2.04. The highest BCUT2D eigenvalue weighted by molar-refractivity contribution is 6.35. The molecule has 0 radical (unpaired) electrons. The number of rotatable bonds is 2. The fourth-order valence-electron chi connectivity index (χ4n) is 1.29. The Bertz CT molecular complexity index is 551. The molecule has 2 rings (SSSR count). The van der Waals surface area contributed by atoms with Crippen LogP contribution in [0.1, 0.15) is 16.1 Å². The van der Waals surface area contributed by atoms with Crippen LogP contribution in [-0.2, 0) is 0 Å². The highest BCUT2D eigenvalue weighted by Gasteiger charge is 2.14. The predicted molar refractivity (Wildman–Crippen MR) is 58.1 cm³/mol. The maximum Gasteiger partial charge on any atom is 0.337 e. The van der Waals surface area contributed by atoms with Gasteiger partial charge in [-0.15, -0.1) is 0 Å². The Morgan fingerprint density at radius 2 is 2.25 bits per heavy atom. The van der Waals surface area contributed by atoms with Crippen LogP contribution in [0.3, 0.4) is 0 Å². The molecule has 0 aliphatic rings. The van der Waals surface area contributed by atoms with Crippen LogP contribution in [0.2, 0.25) is 5.02 Å². The first-order chi connectivity index (χ1) is 7.59. The van der Waals surface area contributed by atoms with Crippen LogP contribution >= 0.6 is 11.6 Å². The zero-order valence-electron chi connectivity index (χ0n) is 8.38. The first-order valence-corrected chi connectivity index (χ1v) is 4.88. The van der Waals surface area contributed by atoms with Crippen LogP contribution in [0.5, 0.6) is 0 Å². The van der Waals surface area contributed by atoms with Gasteiger partial charge in [0, 0.05) is 12.4 Å². The summed E-state index contributed by atoms with van der Waals surface area (Å²) in [6.07, 6.45) is 3.07. The van der Waals surface area contributed by atoms with Crippen molar-refractivity contribution in [3.05, 3.63) is 40.8 Å². The van der Waals surface area contributed by atoms with E-state index in [1.807, 2.05) is 6.92 Å². The molecular formula is C10H8ClN3O2. The van der Waals surface area contributed by atoms with Gasteiger partial charge < -0.3 is 5.11 Å². The third-order valence-corrected chi connectivity index (χ3v) is 2.41. The molecule has 1 N–H and O–H groups in total. The van der Waals surface area contributed by atoms with Crippen LogP contribution in [0.4, 0.5) is 0 Å². The minimum atomic E-state index is -1.09. The average Bonchev–Trinajstić information content (AvgIpc) is 2.64. The van der Waals surface area contributed by atoms with E-state index in [1.165, 1.54) is 16.9 Å². The van der Waals surface area contributed by atoms with E-state index in [1.54, 1.807) is 12.3 Å². The maximum atomic E-state index is 10.9. The van der Waals surface area contributed by atoms with E-state index in [4.69, 9.17) is 16.7 Å².